The molecular weight excluding hydrogens is 262 g/mol. The highest BCUT2D eigenvalue weighted by molar-refractivity contribution is 9.10. The number of benzene rings is 1. The molecule has 0 heterocycles. The molecule has 0 saturated carbocycles. The van der Waals surface area contributed by atoms with Gasteiger partial charge in [-0.1, -0.05) is 27.1 Å². The molecule has 6 heteroatoms. The molecule has 1 aromatic rings. The molecule has 0 unspecified atom stereocenters. The van der Waals surface area contributed by atoms with Crippen LogP contribution in [0.3, 0.4) is 0 Å². The summed E-state index contributed by atoms with van der Waals surface area (Å²) in [5, 5.41) is 3.42. The number of hydrogen-bond acceptors (Lipinski definition) is 3. The van der Waals surface area contributed by atoms with Crippen molar-refractivity contribution in [1.29, 1.82) is 0 Å². The van der Waals surface area contributed by atoms with Crippen molar-refractivity contribution in [3.8, 4) is 0 Å². The maximum atomic E-state index is 11.4. The summed E-state index contributed by atoms with van der Waals surface area (Å²) in [5.41, 5.74) is 9.26. The Morgan fingerprint density at radius 1 is 1.67 bits per heavy atom. The predicted molar refractivity (Wildman–Crippen MR) is 58.3 cm³/mol. The highest BCUT2D eigenvalue weighted by Crippen LogP contribution is 2.22. The van der Waals surface area contributed by atoms with Crippen molar-refractivity contribution in [2.45, 2.75) is 6.54 Å². The average molecular weight is 270 g/mol. The highest BCUT2D eigenvalue weighted by atomic mass is 79.9. The summed E-state index contributed by atoms with van der Waals surface area (Å²) >= 11 is 3.28. The van der Waals surface area contributed by atoms with Crippen LogP contribution in [0.2, 0.25) is 0 Å². The van der Waals surface area contributed by atoms with Crippen LogP contribution in [0.5, 0.6) is 0 Å². The number of rotatable bonds is 3. The van der Waals surface area contributed by atoms with Crippen LogP contribution in [-0.2, 0) is 11.3 Å². The second-order valence-corrected chi connectivity index (χ2v) is 3.50. The van der Waals surface area contributed by atoms with Gasteiger partial charge in [-0.3, -0.25) is 0 Å². The summed E-state index contributed by atoms with van der Waals surface area (Å²) < 4.78 is 5.34. The summed E-state index contributed by atoms with van der Waals surface area (Å²) in [7, 11) is 1.31. The molecule has 0 bridgehead atoms. The van der Waals surface area contributed by atoms with Crippen LogP contribution in [0.25, 0.3) is 10.4 Å². The third-order valence-corrected chi connectivity index (χ3v) is 2.56. The van der Waals surface area contributed by atoms with Crippen molar-refractivity contribution < 1.29 is 9.53 Å². The van der Waals surface area contributed by atoms with Crippen LogP contribution in [0.4, 0.5) is 0 Å². The van der Waals surface area contributed by atoms with E-state index in [-0.39, 0.29) is 6.54 Å². The first-order valence-electron chi connectivity index (χ1n) is 4.07. The smallest absolute Gasteiger partial charge is 0.338 e. The fourth-order valence-corrected chi connectivity index (χ4v) is 1.61. The molecule has 0 amide bonds. The van der Waals surface area contributed by atoms with Gasteiger partial charge in [0.05, 0.1) is 19.2 Å². The second-order valence-electron chi connectivity index (χ2n) is 2.65. The van der Waals surface area contributed by atoms with Crippen LogP contribution < -0.4 is 0 Å². The Morgan fingerprint density at radius 3 is 3.00 bits per heavy atom. The monoisotopic (exact) mass is 269 g/mol. The molecule has 0 radical (unpaired) electrons. The zero-order valence-electron chi connectivity index (χ0n) is 7.98. The first-order chi connectivity index (χ1) is 7.20. The topological polar surface area (TPSA) is 75.1 Å². The van der Waals surface area contributed by atoms with Crippen LogP contribution >= 0.6 is 15.9 Å². The van der Waals surface area contributed by atoms with Gasteiger partial charge in [0.15, 0.2) is 0 Å². The summed E-state index contributed by atoms with van der Waals surface area (Å²) in [6, 6.07) is 5.11. The van der Waals surface area contributed by atoms with E-state index in [9.17, 15) is 4.79 Å². The van der Waals surface area contributed by atoms with E-state index in [2.05, 4.69) is 30.7 Å². The normalized spacial score (nSPS) is 9.20. The van der Waals surface area contributed by atoms with E-state index in [1.807, 2.05) is 0 Å². The second kappa shape index (κ2) is 5.38. The van der Waals surface area contributed by atoms with Gasteiger partial charge in [0.1, 0.15) is 0 Å². The van der Waals surface area contributed by atoms with E-state index >= 15 is 0 Å². The van der Waals surface area contributed by atoms with E-state index in [1.165, 1.54) is 7.11 Å². The standard InChI is InChI=1S/C9H8BrN3O2/c1-15-9(14)6-3-2-4-8(10)7(6)5-12-13-11/h2-4H,5H2,1H3. The molecule has 78 valence electrons. The Morgan fingerprint density at radius 2 is 2.40 bits per heavy atom. The lowest BCUT2D eigenvalue weighted by atomic mass is 10.1. The SMILES string of the molecule is COC(=O)c1cccc(Br)c1CN=[N+]=[N-]. The molecule has 1 aromatic carbocycles. The molecular formula is C9H8BrN3O2. The van der Waals surface area contributed by atoms with Crippen molar-refractivity contribution >= 4 is 21.9 Å². The molecule has 0 saturated heterocycles. The third-order valence-electron chi connectivity index (χ3n) is 1.82. The molecule has 0 N–H and O–H groups in total. The van der Waals surface area contributed by atoms with Crippen LogP contribution in [-0.4, -0.2) is 13.1 Å². The number of hydrogen-bond donors (Lipinski definition) is 0. The largest absolute Gasteiger partial charge is 0.465 e. The quantitative estimate of drug-likeness (QED) is 0.366. The molecule has 0 spiro atoms. The fraction of sp³-hybridized carbons (Fsp3) is 0.222. The molecule has 1 rings (SSSR count). The number of carbonyl (C=O) groups excluding carboxylic acids is 1. The number of nitrogens with zero attached hydrogens (tertiary/aromatic N) is 3. The van der Waals surface area contributed by atoms with Crippen molar-refractivity contribution in [3.05, 3.63) is 44.2 Å². The Kier molecular flexibility index (Phi) is 4.15. The Labute approximate surface area is 94.8 Å². The Bertz CT molecular complexity index is 427. The van der Waals surface area contributed by atoms with Gasteiger partial charge in [-0.15, -0.1) is 0 Å². The maximum absolute atomic E-state index is 11.4. The van der Waals surface area contributed by atoms with Crippen LogP contribution in [0.15, 0.2) is 27.8 Å². The number of ether oxygens (including phenoxy) is 1. The lowest BCUT2D eigenvalue weighted by molar-refractivity contribution is 0.0599. The molecule has 0 fully saturated rings. The highest BCUT2D eigenvalue weighted by Gasteiger charge is 2.12. The third kappa shape index (κ3) is 2.71. The average Bonchev–Trinajstić information content (AvgIpc) is 2.26. The van der Waals surface area contributed by atoms with Crippen molar-refractivity contribution in [1.82, 2.24) is 0 Å². The van der Waals surface area contributed by atoms with Gasteiger partial charge in [0, 0.05) is 9.38 Å². The van der Waals surface area contributed by atoms with E-state index in [1.54, 1.807) is 18.2 Å². The fourth-order valence-electron chi connectivity index (χ4n) is 1.12. The van der Waals surface area contributed by atoms with Gasteiger partial charge in [-0.2, -0.15) is 0 Å². The zero-order chi connectivity index (χ0) is 11.3. The maximum Gasteiger partial charge on any atom is 0.338 e. The minimum absolute atomic E-state index is 0.113. The lowest BCUT2D eigenvalue weighted by Crippen LogP contribution is -2.05. The van der Waals surface area contributed by atoms with E-state index in [0.29, 0.717) is 11.1 Å². The van der Waals surface area contributed by atoms with E-state index < -0.39 is 5.97 Å². The summed E-state index contributed by atoms with van der Waals surface area (Å²) in [6.07, 6.45) is 0. The minimum Gasteiger partial charge on any atom is -0.465 e. The Balaban J connectivity index is 3.19. The Hall–Kier alpha value is -1.52. The number of carbonyl (C=O) groups is 1. The van der Waals surface area contributed by atoms with Crippen LogP contribution in [0, 0.1) is 0 Å². The van der Waals surface area contributed by atoms with Crippen molar-refractivity contribution in [2.24, 2.45) is 5.11 Å². The summed E-state index contributed by atoms with van der Waals surface area (Å²) in [6.45, 7) is 0.113. The minimum atomic E-state index is -0.445. The first kappa shape index (κ1) is 11.6. The number of esters is 1. The first-order valence-corrected chi connectivity index (χ1v) is 4.86. The summed E-state index contributed by atoms with van der Waals surface area (Å²) in [5.74, 6) is -0.445. The molecule has 5 nitrogen and oxygen atoms in total. The lowest BCUT2D eigenvalue weighted by Gasteiger charge is -2.06. The molecule has 0 aliphatic heterocycles. The van der Waals surface area contributed by atoms with Gasteiger partial charge in [0.25, 0.3) is 0 Å². The number of halogens is 1. The van der Waals surface area contributed by atoms with Gasteiger partial charge in [-0.25, -0.2) is 4.79 Å². The van der Waals surface area contributed by atoms with Crippen molar-refractivity contribution in [2.75, 3.05) is 7.11 Å². The van der Waals surface area contributed by atoms with E-state index in [4.69, 9.17) is 5.53 Å². The van der Waals surface area contributed by atoms with Crippen molar-refractivity contribution in [3.63, 3.8) is 0 Å². The molecule has 0 aromatic heterocycles. The van der Waals surface area contributed by atoms with Gasteiger partial charge < -0.3 is 4.74 Å². The molecule has 0 aliphatic carbocycles. The zero-order valence-corrected chi connectivity index (χ0v) is 9.56. The molecule has 0 aliphatic rings. The van der Waals surface area contributed by atoms with Gasteiger partial charge >= 0.3 is 5.97 Å². The van der Waals surface area contributed by atoms with Gasteiger partial charge in [-0.05, 0) is 23.2 Å². The molecule has 0 atom stereocenters. The predicted octanol–water partition coefficient (Wildman–Crippen LogP) is 3.05. The van der Waals surface area contributed by atoms with Crippen LogP contribution in [0.1, 0.15) is 15.9 Å². The van der Waals surface area contributed by atoms with Gasteiger partial charge in [0.2, 0.25) is 0 Å². The van der Waals surface area contributed by atoms with E-state index in [0.717, 1.165) is 4.47 Å². The summed E-state index contributed by atoms with van der Waals surface area (Å²) in [4.78, 5) is 14.0. The number of methoxy groups -OCH3 is 1. The number of azide groups is 1. The molecule has 15 heavy (non-hydrogen) atoms.